The van der Waals surface area contributed by atoms with Crippen LogP contribution in [0.5, 0.6) is 0 Å². The fourth-order valence-electron chi connectivity index (χ4n) is 5.32. The van der Waals surface area contributed by atoms with E-state index in [4.69, 9.17) is 16.0 Å². The van der Waals surface area contributed by atoms with E-state index >= 15 is 0 Å². The zero-order chi connectivity index (χ0) is 31.2. The smallest absolute Gasteiger partial charge is 0.291 e. The molecule has 1 aromatic heterocycles. The quantitative estimate of drug-likeness (QED) is 0.249. The number of aryl methyl sites for hydroxylation is 1. The Morgan fingerprint density at radius 1 is 0.886 bits per heavy atom. The van der Waals surface area contributed by atoms with Gasteiger partial charge in [0.05, 0.1) is 23.7 Å². The summed E-state index contributed by atoms with van der Waals surface area (Å²) in [7, 11) is 1.69. The van der Waals surface area contributed by atoms with Crippen LogP contribution in [-0.4, -0.2) is 62.4 Å². The second kappa shape index (κ2) is 13.7. The number of piperazine rings is 1. The maximum atomic E-state index is 13.6. The molecule has 1 aliphatic heterocycles. The first-order valence-electron chi connectivity index (χ1n) is 14.5. The molecule has 1 fully saturated rings. The highest BCUT2D eigenvalue weighted by Crippen LogP contribution is 2.31. The Morgan fingerprint density at radius 3 is 2.20 bits per heavy atom. The van der Waals surface area contributed by atoms with Crippen LogP contribution in [0, 0.1) is 6.92 Å². The van der Waals surface area contributed by atoms with Crippen molar-refractivity contribution in [3.63, 3.8) is 0 Å². The number of halogens is 1. The molecule has 10 heteroatoms. The minimum Gasteiger partial charge on any atom is -0.459 e. The van der Waals surface area contributed by atoms with Gasteiger partial charge in [-0.3, -0.25) is 14.4 Å². The molecule has 0 bridgehead atoms. The summed E-state index contributed by atoms with van der Waals surface area (Å²) in [4.78, 5) is 44.8. The van der Waals surface area contributed by atoms with Gasteiger partial charge in [-0.25, -0.2) is 0 Å². The van der Waals surface area contributed by atoms with Crippen LogP contribution in [0.25, 0.3) is 0 Å². The van der Waals surface area contributed by atoms with E-state index in [1.54, 1.807) is 48.3 Å². The molecule has 44 heavy (non-hydrogen) atoms. The van der Waals surface area contributed by atoms with E-state index in [1.165, 1.54) is 24.4 Å². The van der Waals surface area contributed by atoms with Crippen molar-refractivity contribution in [3.05, 3.63) is 113 Å². The molecular weight excluding hydrogens is 578 g/mol. The zero-order valence-electron chi connectivity index (χ0n) is 25.0. The first-order valence-corrected chi connectivity index (χ1v) is 14.9. The maximum Gasteiger partial charge on any atom is 0.291 e. The average Bonchev–Trinajstić information content (AvgIpc) is 3.57. The van der Waals surface area contributed by atoms with Crippen LogP contribution in [0.4, 0.5) is 17.1 Å². The van der Waals surface area contributed by atoms with Crippen LogP contribution in [0.1, 0.15) is 45.0 Å². The van der Waals surface area contributed by atoms with Gasteiger partial charge < -0.3 is 29.8 Å². The van der Waals surface area contributed by atoms with E-state index in [-0.39, 0.29) is 24.1 Å². The largest absolute Gasteiger partial charge is 0.459 e. The van der Waals surface area contributed by atoms with Gasteiger partial charge in [0.25, 0.3) is 11.8 Å². The molecule has 3 amide bonds. The molecule has 1 aliphatic rings. The lowest BCUT2D eigenvalue weighted by atomic mass is 10.0. The van der Waals surface area contributed by atoms with Gasteiger partial charge in [0, 0.05) is 63.0 Å². The summed E-state index contributed by atoms with van der Waals surface area (Å²) in [6.45, 7) is 6.96. The zero-order valence-corrected chi connectivity index (χ0v) is 25.8. The summed E-state index contributed by atoms with van der Waals surface area (Å²) in [5.74, 6) is -0.695. The molecule has 9 nitrogen and oxygen atoms in total. The third-order valence-electron chi connectivity index (χ3n) is 7.90. The standard InChI is InChI=1S/C34H36ClN5O4/c1-23-7-4-5-8-30(23)39-16-18-40(19-17-39)31-15-12-26(21-28(31)36-34(43)32-9-6-20-44-32)33(42)37-29(22-38(3)24(2)41)25-10-13-27(35)14-11-25/h4-15,20-21,29H,16-19,22H2,1-3H3,(H,36,43)(H,37,42)/t29-/m1/s1. The molecule has 4 aromatic rings. The Bertz CT molecular complexity index is 1620. The lowest BCUT2D eigenvalue weighted by Gasteiger charge is -2.38. The van der Waals surface area contributed by atoms with E-state index < -0.39 is 11.9 Å². The Kier molecular flexibility index (Phi) is 9.55. The molecular formula is C34H36ClN5O4. The lowest BCUT2D eigenvalue weighted by Crippen LogP contribution is -2.47. The van der Waals surface area contributed by atoms with Crippen molar-refractivity contribution in [1.29, 1.82) is 0 Å². The van der Waals surface area contributed by atoms with E-state index in [1.807, 2.05) is 24.3 Å². The minimum atomic E-state index is -0.482. The number of nitrogens with one attached hydrogen (secondary N) is 2. The van der Waals surface area contributed by atoms with Crippen LogP contribution in [-0.2, 0) is 4.79 Å². The molecule has 0 saturated carbocycles. The summed E-state index contributed by atoms with van der Waals surface area (Å²) in [6, 6.07) is 23.6. The molecule has 2 heterocycles. The maximum absolute atomic E-state index is 13.6. The third kappa shape index (κ3) is 7.23. The Morgan fingerprint density at radius 2 is 1.57 bits per heavy atom. The first kappa shape index (κ1) is 30.7. The number of furan rings is 1. The van der Waals surface area contributed by atoms with Gasteiger partial charge in [-0.05, 0) is 66.6 Å². The van der Waals surface area contributed by atoms with Crippen LogP contribution < -0.4 is 20.4 Å². The van der Waals surface area contributed by atoms with E-state index in [0.29, 0.717) is 16.3 Å². The summed E-state index contributed by atoms with van der Waals surface area (Å²) in [6.07, 6.45) is 1.44. The molecule has 0 aliphatic carbocycles. The van der Waals surface area contributed by atoms with Gasteiger partial charge >= 0.3 is 0 Å². The Labute approximate surface area is 262 Å². The number of anilines is 3. The van der Waals surface area contributed by atoms with Crippen LogP contribution in [0.3, 0.4) is 0 Å². The predicted octanol–water partition coefficient (Wildman–Crippen LogP) is 5.77. The highest BCUT2D eigenvalue weighted by atomic mass is 35.5. The summed E-state index contributed by atoms with van der Waals surface area (Å²) < 4.78 is 5.32. The number of nitrogens with zero attached hydrogens (tertiary/aromatic N) is 3. The van der Waals surface area contributed by atoms with Gasteiger partial charge in [0.1, 0.15) is 0 Å². The minimum absolute atomic E-state index is 0.118. The molecule has 0 radical (unpaired) electrons. The van der Waals surface area contributed by atoms with Crippen molar-refractivity contribution in [3.8, 4) is 0 Å². The van der Waals surface area contributed by atoms with E-state index in [9.17, 15) is 14.4 Å². The summed E-state index contributed by atoms with van der Waals surface area (Å²) >= 11 is 6.10. The van der Waals surface area contributed by atoms with Gasteiger partial charge in [-0.2, -0.15) is 0 Å². The number of carbonyl (C=O) groups is 3. The SMILES string of the molecule is CC(=O)N(C)C[C@@H](NC(=O)c1ccc(N2CCN(c3ccccc3C)CC2)c(NC(=O)c2ccco2)c1)c1ccc(Cl)cc1. The van der Waals surface area contributed by atoms with E-state index in [2.05, 4.69) is 45.6 Å². The number of para-hydroxylation sites is 1. The summed E-state index contributed by atoms with van der Waals surface area (Å²) in [5.41, 5.74) is 4.95. The number of carbonyl (C=O) groups excluding carboxylic acids is 3. The van der Waals surface area contributed by atoms with E-state index in [0.717, 1.165) is 37.4 Å². The highest BCUT2D eigenvalue weighted by molar-refractivity contribution is 6.30. The number of amides is 3. The normalized spacial score (nSPS) is 13.7. The molecule has 0 spiro atoms. The van der Waals surface area contributed by atoms with Crippen molar-refractivity contribution in [1.82, 2.24) is 10.2 Å². The van der Waals surface area contributed by atoms with Crippen LogP contribution in [0.2, 0.25) is 5.02 Å². The van der Waals surface area contributed by atoms with Crippen molar-refractivity contribution < 1.29 is 18.8 Å². The monoisotopic (exact) mass is 613 g/mol. The van der Waals surface area contributed by atoms with Gasteiger partial charge in [-0.15, -0.1) is 0 Å². The number of rotatable bonds is 9. The summed E-state index contributed by atoms with van der Waals surface area (Å²) in [5, 5.41) is 6.60. The number of hydrogen-bond acceptors (Lipinski definition) is 6. The highest BCUT2D eigenvalue weighted by Gasteiger charge is 2.24. The molecule has 5 rings (SSSR count). The van der Waals surface area contributed by atoms with Gasteiger partial charge in [0.15, 0.2) is 5.76 Å². The van der Waals surface area contributed by atoms with Crippen molar-refractivity contribution in [2.24, 2.45) is 0 Å². The predicted molar refractivity (Wildman–Crippen MR) is 174 cm³/mol. The second-order valence-corrected chi connectivity index (χ2v) is 11.3. The molecule has 2 N–H and O–H groups in total. The van der Waals surface area contributed by atoms with Crippen molar-refractivity contribution in [2.45, 2.75) is 19.9 Å². The van der Waals surface area contributed by atoms with Crippen molar-refractivity contribution >= 4 is 46.4 Å². The first-order chi connectivity index (χ1) is 21.2. The number of hydrogen-bond donors (Lipinski definition) is 2. The molecule has 0 unspecified atom stereocenters. The van der Waals surface area contributed by atoms with Gasteiger partial charge in [-0.1, -0.05) is 41.9 Å². The topological polar surface area (TPSA) is 98.1 Å². The molecule has 228 valence electrons. The Balaban J connectivity index is 1.39. The van der Waals surface area contributed by atoms with Crippen LogP contribution in [0.15, 0.2) is 89.5 Å². The molecule has 1 saturated heterocycles. The average molecular weight is 614 g/mol. The Hall–Kier alpha value is -4.76. The third-order valence-corrected chi connectivity index (χ3v) is 8.15. The number of benzene rings is 3. The van der Waals surface area contributed by atoms with Crippen LogP contribution >= 0.6 is 11.6 Å². The molecule has 1 atom stereocenters. The fourth-order valence-corrected chi connectivity index (χ4v) is 5.45. The van der Waals surface area contributed by atoms with Crippen molar-refractivity contribution in [2.75, 3.05) is 54.9 Å². The molecule has 3 aromatic carbocycles. The second-order valence-electron chi connectivity index (χ2n) is 10.9. The fraction of sp³-hybridized carbons (Fsp3) is 0.265. The van der Waals surface area contributed by atoms with Gasteiger partial charge in [0.2, 0.25) is 5.91 Å². The number of likely N-dealkylation sites (N-methyl/N-ethyl adjacent to an activating group) is 1. The lowest BCUT2D eigenvalue weighted by molar-refractivity contribution is -0.127.